The quantitative estimate of drug-likeness (QED) is 0.770. The molecular weight excluding hydrogens is 338 g/mol. The summed E-state index contributed by atoms with van der Waals surface area (Å²) in [5.74, 6) is 0.766. The van der Waals surface area contributed by atoms with E-state index >= 15 is 0 Å². The molecule has 0 spiro atoms. The molecule has 0 fully saturated rings. The second-order valence-electron chi connectivity index (χ2n) is 6.17. The summed E-state index contributed by atoms with van der Waals surface area (Å²) >= 11 is 1.43. The van der Waals surface area contributed by atoms with Gasteiger partial charge in [-0.25, -0.2) is 4.98 Å². The van der Waals surface area contributed by atoms with E-state index in [1.807, 2.05) is 32.0 Å². The van der Waals surface area contributed by atoms with Crippen molar-refractivity contribution in [2.24, 2.45) is 0 Å². The van der Waals surface area contributed by atoms with Crippen molar-refractivity contribution in [3.63, 3.8) is 0 Å². The zero-order valence-electron chi connectivity index (χ0n) is 14.3. The fourth-order valence-corrected chi connectivity index (χ4v) is 4.43. The van der Waals surface area contributed by atoms with Gasteiger partial charge in [-0.1, -0.05) is 0 Å². The number of pyridine rings is 1. The molecule has 1 aliphatic heterocycles. The van der Waals surface area contributed by atoms with Crippen LogP contribution in [0, 0.1) is 6.92 Å². The lowest BCUT2D eigenvalue weighted by Crippen LogP contribution is -2.45. The molecule has 0 radical (unpaired) electrons. The molecule has 4 rings (SSSR count). The Hall–Kier alpha value is -2.38. The van der Waals surface area contributed by atoms with Crippen molar-refractivity contribution in [2.75, 3.05) is 12.4 Å². The van der Waals surface area contributed by atoms with Crippen LogP contribution in [0.2, 0.25) is 0 Å². The number of amides is 1. The highest BCUT2D eigenvalue weighted by Crippen LogP contribution is 2.41. The summed E-state index contributed by atoms with van der Waals surface area (Å²) < 4.78 is 10.7. The number of aryl methyl sites for hydroxylation is 1. The Balaban J connectivity index is 1.80. The first kappa shape index (κ1) is 16.1. The molecule has 0 saturated carbocycles. The average Bonchev–Trinajstić information content (AvgIpc) is 3.19. The molecule has 1 aliphatic rings. The standard InChI is InChI=1S/C18H19N3O3S/c1-10-7-12(9-23-3)14-15-16(25-17(14)19-10)18(22)21(11(2)20-15)8-13-5-4-6-24-13/h4-7,11,20H,8-9H2,1-3H3. The van der Waals surface area contributed by atoms with Crippen molar-refractivity contribution in [3.8, 4) is 0 Å². The zero-order valence-corrected chi connectivity index (χ0v) is 15.1. The van der Waals surface area contributed by atoms with Crippen LogP contribution in [0.4, 0.5) is 5.69 Å². The van der Waals surface area contributed by atoms with Crippen LogP contribution < -0.4 is 5.32 Å². The molecule has 1 N–H and O–H groups in total. The van der Waals surface area contributed by atoms with Gasteiger partial charge >= 0.3 is 0 Å². The van der Waals surface area contributed by atoms with Gasteiger partial charge in [-0.3, -0.25) is 4.79 Å². The highest BCUT2D eigenvalue weighted by Gasteiger charge is 2.34. The molecule has 1 unspecified atom stereocenters. The van der Waals surface area contributed by atoms with Gasteiger partial charge in [0, 0.05) is 18.2 Å². The molecular formula is C18H19N3O3S. The summed E-state index contributed by atoms with van der Waals surface area (Å²) in [7, 11) is 1.67. The molecule has 6 nitrogen and oxygen atoms in total. The first-order valence-corrected chi connectivity index (χ1v) is 8.92. The van der Waals surface area contributed by atoms with E-state index < -0.39 is 0 Å². The number of thiophene rings is 1. The predicted octanol–water partition coefficient (Wildman–Crippen LogP) is 3.76. The summed E-state index contributed by atoms with van der Waals surface area (Å²) in [5, 5.41) is 4.46. The number of aromatic nitrogens is 1. The largest absolute Gasteiger partial charge is 0.467 e. The SMILES string of the molecule is COCc1cc(C)nc2sc3c(c12)NC(C)N(Cc1ccco1)C3=O. The molecule has 25 heavy (non-hydrogen) atoms. The van der Waals surface area contributed by atoms with E-state index in [1.165, 1.54) is 11.3 Å². The van der Waals surface area contributed by atoms with E-state index in [0.717, 1.165) is 32.9 Å². The molecule has 1 atom stereocenters. The normalized spacial score (nSPS) is 17.0. The van der Waals surface area contributed by atoms with Crippen LogP contribution in [-0.4, -0.2) is 29.1 Å². The van der Waals surface area contributed by atoms with E-state index in [2.05, 4.69) is 10.3 Å². The number of nitrogens with zero attached hydrogens (tertiary/aromatic N) is 2. The number of rotatable bonds is 4. The molecule has 3 aromatic heterocycles. The van der Waals surface area contributed by atoms with E-state index in [4.69, 9.17) is 9.15 Å². The van der Waals surface area contributed by atoms with Crippen LogP contribution in [0.15, 0.2) is 28.9 Å². The van der Waals surface area contributed by atoms with Crippen molar-refractivity contribution < 1.29 is 13.9 Å². The lowest BCUT2D eigenvalue weighted by Gasteiger charge is -2.34. The van der Waals surface area contributed by atoms with Gasteiger partial charge in [-0.2, -0.15) is 0 Å². The number of furan rings is 1. The van der Waals surface area contributed by atoms with Gasteiger partial charge < -0.3 is 19.4 Å². The van der Waals surface area contributed by atoms with Gasteiger partial charge in [0.1, 0.15) is 15.5 Å². The van der Waals surface area contributed by atoms with Gasteiger partial charge in [0.25, 0.3) is 5.91 Å². The molecule has 3 aromatic rings. The van der Waals surface area contributed by atoms with Crippen LogP contribution in [-0.2, 0) is 17.9 Å². The first-order chi connectivity index (χ1) is 12.1. The monoisotopic (exact) mass is 357 g/mol. The number of anilines is 1. The van der Waals surface area contributed by atoms with Crippen molar-refractivity contribution in [1.29, 1.82) is 0 Å². The third-order valence-corrected chi connectivity index (χ3v) is 5.43. The van der Waals surface area contributed by atoms with Gasteiger partial charge in [-0.05, 0) is 37.6 Å². The van der Waals surface area contributed by atoms with Crippen LogP contribution >= 0.6 is 11.3 Å². The number of carbonyl (C=O) groups excluding carboxylic acids is 1. The third kappa shape index (κ3) is 2.69. The highest BCUT2D eigenvalue weighted by molar-refractivity contribution is 7.21. The van der Waals surface area contributed by atoms with Gasteiger partial charge in [0.2, 0.25) is 0 Å². The first-order valence-electron chi connectivity index (χ1n) is 8.10. The Labute approximate surface area is 149 Å². The Morgan fingerprint density at radius 1 is 1.48 bits per heavy atom. The van der Waals surface area contributed by atoms with Gasteiger partial charge in [0.15, 0.2) is 0 Å². The smallest absolute Gasteiger partial charge is 0.268 e. The molecule has 0 saturated heterocycles. The fraction of sp³-hybridized carbons (Fsp3) is 0.333. The molecule has 0 aromatic carbocycles. The van der Waals surface area contributed by atoms with Crippen LogP contribution in [0.3, 0.4) is 0 Å². The highest BCUT2D eigenvalue weighted by atomic mass is 32.1. The number of carbonyl (C=O) groups is 1. The molecule has 7 heteroatoms. The topological polar surface area (TPSA) is 67.6 Å². The summed E-state index contributed by atoms with van der Waals surface area (Å²) in [6, 6.07) is 5.73. The van der Waals surface area contributed by atoms with E-state index in [1.54, 1.807) is 18.3 Å². The minimum absolute atomic E-state index is 0.00155. The number of fused-ring (bicyclic) bond motifs is 3. The Bertz CT molecular complexity index is 933. The lowest BCUT2D eigenvalue weighted by molar-refractivity contribution is 0.0674. The maximum Gasteiger partial charge on any atom is 0.268 e. The molecule has 0 aliphatic carbocycles. The fourth-order valence-electron chi connectivity index (χ4n) is 3.24. The van der Waals surface area contributed by atoms with Crippen molar-refractivity contribution in [1.82, 2.24) is 9.88 Å². The summed E-state index contributed by atoms with van der Waals surface area (Å²) in [4.78, 5) is 21.0. The van der Waals surface area contributed by atoms with Crippen LogP contribution in [0.25, 0.3) is 10.2 Å². The third-order valence-electron chi connectivity index (χ3n) is 4.35. The van der Waals surface area contributed by atoms with Gasteiger partial charge in [-0.15, -0.1) is 11.3 Å². The number of nitrogens with one attached hydrogen (secondary N) is 1. The van der Waals surface area contributed by atoms with Crippen LogP contribution in [0.5, 0.6) is 0 Å². The zero-order chi connectivity index (χ0) is 17.6. The minimum atomic E-state index is -0.139. The maximum atomic E-state index is 13.1. The lowest BCUT2D eigenvalue weighted by atomic mass is 10.1. The van der Waals surface area contributed by atoms with Crippen molar-refractivity contribution >= 4 is 33.1 Å². The van der Waals surface area contributed by atoms with Crippen LogP contribution in [0.1, 0.15) is 33.6 Å². The molecule has 1 amide bonds. The minimum Gasteiger partial charge on any atom is -0.467 e. The maximum absolute atomic E-state index is 13.1. The number of hydrogen-bond donors (Lipinski definition) is 1. The average molecular weight is 357 g/mol. The Kier molecular flexibility index (Phi) is 3.97. The van der Waals surface area contributed by atoms with Crippen molar-refractivity contribution in [3.05, 3.63) is 46.4 Å². The predicted molar refractivity (Wildman–Crippen MR) is 96.7 cm³/mol. The second-order valence-corrected chi connectivity index (χ2v) is 7.17. The molecule has 0 bridgehead atoms. The van der Waals surface area contributed by atoms with Crippen molar-refractivity contribution in [2.45, 2.75) is 33.2 Å². The van der Waals surface area contributed by atoms with Gasteiger partial charge in [0.05, 0.1) is 31.3 Å². The van der Waals surface area contributed by atoms with E-state index in [-0.39, 0.29) is 12.1 Å². The van der Waals surface area contributed by atoms with E-state index in [0.29, 0.717) is 18.0 Å². The Morgan fingerprint density at radius 3 is 3.04 bits per heavy atom. The summed E-state index contributed by atoms with van der Waals surface area (Å²) in [6.07, 6.45) is 1.48. The molecule has 4 heterocycles. The van der Waals surface area contributed by atoms with E-state index in [9.17, 15) is 4.79 Å². The molecule has 130 valence electrons. The Morgan fingerprint density at radius 2 is 2.32 bits per heavy atom. The number of hydrogen-bond acceptors (Lipinski definition) is 6. The number of ether oxygens (including phenoxy) is 1. The number of methoxy groups -OCH3 is 1. The summed E-state index contributed by atoms with van der Waals surface area (Å²) in [5.41, 5.74) is 2.84. The second kappa shape index (κ2) is 6.16. The summed E-state index contributed by atoms with van der Waals surface area (Å²) in [6.45, 7) is 4.86.